The third kappa shape index (κ3) is 3.93. The van der Waals surface area contributed by atoms with Crippen molar-refractivity contribution in [3.63, 3.8) is 0 Å². The Bertz CT molecular complexity index is 1280. The van der Waals surface area contributed by atoms with E-state index in [2.05, 4.69) is 16.2 Å². The van der Waals surface area contributed by atoms with E-state index in [1.807, 2.05) is 71.4 Å². The van der Waals surface area contributed by atoms with Crippen LogP contribution in [0.2, 0.25) is 0 Å². The molecule has 1 fully saturated rings. The number of rotatable bonds is 7. The van der Waals surface area contributed by atoms with Gasteiger partial charge in [0.05, 0.1) is 24.1 Å². The Labute approximate surface area is 181 Å². The highest BCUT2D eigenvalue weighted by molar-refractivity contribution is 5.96. The Balaban J connectivity index is 1.55. The lowest BCUT2D eigenvalue weighted by Crippen LogP contribution is -2.05. The summed E-state index contributed by atoms with van der Waals surface area (Å²) >= 11 is 0. The van der Waals surface area contributed by atoms with Gasteiger partial charge in [0.2, 0.25) is 0 Å². The van der Waals surface area contributed by atoms with Gasteiger partial charge >= 0.3 is 0 Å². The Morgan fingerprint density at radius 3 is 2.58 bits per heavy atom. The Hall–Kier alpha value is -3.91. The Morgan fingerprint density at radius 2 is 1.87 bits per heavy atom. The van der Waals surface area contributed by atoms with E-state index in [9.17, 15) is 4.79 Å². The van der Waals surface area contributed by atoms with Crippen LogP contribution >= 0.6 is 0 Å². The fourth-order valence-electron chi connectivity index (χ4n) is 3.73. The number of ketones is 1. The molecule has 0 aliphatic heterocycles. The normalized spacial score (nSPS) is 13.1. The van der Waals surface area contributed by atoms with Crippen LogP contribution in [0.25, 0.3) is 28.2 Å². The molecule has 2 heterocycles. The van der Waals surface area contributed by atoms with E-state index >= 15 is 0 Å². The highest BCUT2D eigenvalue weighted by Crippen LogP contribution is 2.34. The fourth-order valence-corrected chi connectivity index (χ4v) is 3.73. The summed E-state index contributed by atoms with van der Waals surface area (Å²) in [4.78, 5) is 21.7. The van der Waals surface area contributed by atoms with Crippen molar-refractivity contribution >= 4 is 17.2 Å². The van der Waals surface area contributed by atoms with Gasteiger partial charge in [-0.15, -0.1) is 6.42 Å². The van der Waals surface area contributed by atoms with Crippen LogP contribution in [0.3, 0.4) is 0 Å². The molecule has 2 aromatic carbocycles. The van der Waals surface area contributed by atoms with Gasteiger partial charge in [-0.1, -0.05) is 60.5 Å². The summed E-state index contributed by atoms with van der Waals surface area (Å²) in [6, 6.07) is 17.8. The maximum absolute atomic E-state index is 12.4. The summed E-state index contributed by atoms with van der Waals surface area (Å²) in [6.45, 7) is 0.362. The molecule has 5 rings (SSSR count). The summed E-state index contributed by atoms with van der Waals surface area (Å²) < 4.78 is 2.02. The second-order valence-corrected chi connectivity index (χ2v) is 7.88. The zero-order chi connectivity index (χ0) is 21.2. The molecule has 0 bridgehead atoms. The van der Waals surface area contributed by atoms with Crippen LogP contribution in [0.5, 0.6) is 0 Å². The minimum Gasteiger partial charge on any atom is -0.356 e. The van der Waals surface area contributed by atoms with Gasteiger partial charge in [-0.25, -0.2) is 9.97 Å². The molecule has 1 aliphatic rings. The van der Waals surface area contributed by atoms with Crippen molar-refractivity contribution < 1.29 is 4.79 Å². The van der Waals surface area contributed by atoms with E-state index in [1.54, 1.807) is 0 Å². The topological polar surface area (TPSA) is 59.3 Å². The van der Waals surface area contributed by atoms with Gasteiger partial charge in [-0.3, -0.25) is 9.20 Å². The standard InChI is InChI=1S/C26H22N4O/c1-2-14-27-25-26-28-16-23(30(26)17-22(29-25)19-6-4-3-5-7-19)20-10-12-21(13-11-20)24(31)15-18-8-9-18/h1,3-7,10-13,16-18H,8-9,14-15H2,(H,27,29). The molecule has 1 saturated carbocycles. The van der Waals surface area contributed by atoms with Crippen molar-refractivity contribution in [1.82, 2.24) is 14.4 Å². The predicted octanol–water partition coefficient (Wildman–Crippen LogP) is 5.09. The molecule has 0 unspecified atom stereocenters. The maximum atomic E-state index is 12.4. The molecule has 5 nitrogen and oxygen atoms in total. The van der Waals surface area contributed by atoms with Crippen molar-refractivity contribution in [3.8, 4) is 34.9 Å². The van der Waals surface area contributed by atoms with Gasteiger partial charge in [-0.05, 0) is 18.8 Å². The first kappa shape index (κ1) is 19.1. The molecule has 0 amide bonds. The molecule has 1 N–H and O–H groups in total. The SMILES string of the molecule is C#CCNc1nc(-c2ccccc2)cn2c(-c3ccc(C(=O)CC4CC4)cc3)cnc12. The van der Waals surface area contributed by atoms with Gasteiger partial charge in [0.15, 0.2) is 17.2 Å². The van der Waals surface area contributed by atoms with Crippen molar-refractivity contribution in [3.05, 3.63) is 72.6 Å². The third-order valence-electron chi connectivity index (χ3n) is 5.59. The lowest BCUT2D eigenvalue weighted by Gasteiger charge is -2.10. The number of carbonyl (C=O) groups excluding carboxylic acids is 1. The monoisotopic (exact) mass is 406 g/mol. The van der Waals surface area contributed by atoms with Crippen LogP contribution < -0.4 is 5.32 Å². The van der Waals surface area contributed by atoms with Crippen molar-refractivity contribution in [1.29, 1.82) is 0 Å². The number of anilines is 1. The number of aromatic nitrogens is 3. The number of terminal acetylenes is 1. The fraction of sp³-hybridized carbons (Fsp3) is 0.192. The van der Waals surface area contributed by atoms with Crippen LogP contribution in [-0.2, 0) is 0 Å². The molecule has 2 aromatic heterocycles. The van der Waals surface area contributed by atoms with Crippen molar-refractivity contribution in [2.24, 2.45) is 5.92 Å². The van der Waals surface area contributed by atoms with E-state index in [4.69, 9.17) is 11.4 Å². The van der Waals surface area contributed by atoms with Gasteiger partial charge in [0.25, 0.3) is 0 Å². The number of nitrogens with one attached hydrogen (secondary N) is 1. The average Bonchev–Trinajstić information content (AvgIpc) is 3.53. The van der Waals surface area contributed by atoms with E-state index in [-0.39, 0.29) is 5.78 Å². The van der Waals surface area contributed by atoms with Crippen LogP contribution in [0, 0.1) is 18.3 Å². The van der Waals surface area contributed by atoms with E-state index < -0.39 is 0 Å². The van der Waals surface area contributed by atoms with Crippen LogP contribution in [0.4, 0.5) is 5.82 Å². The Morgan fingerprint density at radius 1 is 1.10 bits per heavy atom. The first-order chi connectivity index (χ1) is 15.2. The molecule has 5 heteroatoms. The van der Waals surface area contributed by atoms with Gasteiger partial charge in [0.1, 0.15) is 0 Å². The summed E-state index contributed by atoms with van der Waals surface area (Å²) in [6.07, 6.45) is 12.3. The molecule has 0 saturated heterocycles. The quantitative estimate of drug-likeness (QED) is 0.343. The predicted molar refractivity (Wildman–Crippen MR) is 123 cm³/mol. The zero-order valence-electron chi connectivity index (χ0n) is 17.1. The van der Waals surface area contributed by atoms with Crippen LogP contribution in [0.15, 0.2) is 67.0 Å². The third-order valence-corrected chi connectivity index (χ3v) is 5.59. The lowest BCUT2D eigenvalue weighted by atomic mass is 10.0. The largest absolute Gasteiger partial charge is 0.356 e. The maximum Gasteiger partial charge on any atom is 0.180 e. The second-order valence-electron chi connectivity index (χ2n) is 7.88. The summed E-state index contributed by atoms with van der Waals surface area (Å²) in [5, 5.41) is 3.19. The zero-order valence-corrected chi connectivity index (χ0v) is 17.1. The summed E-state index contributed by atoms with van der Waals surface area (Å²) in [5.41, 5.74) is 5.23. The van der Waals surface area contributed by atoms with Crippen molar-refractivity contribution in [2.75, 3.05) is 11.9 Å². The van der Waals surface area contributed by atoms with Gasteiger partial charge < -0.3 is 5.32 Å². The lowest BCUT2D eigenvalue weighted by molar-refractivity contribution is 0.0976. The van der Waals surface area contributed by atoms with E-state index in [1.165, 1.54) is 12.8 Å². The number of carbonyl (C=O) groups is 1. The van der Waals surface area contributed by atoms with Crippen LogP contribution in [0.1, 0.15) is 29.6 Å². The van der Waals surface area contributed by atoms with Gasteiger partial charge in [-0.2, -0.15) is 0 Å². The summed E-state index contributed by atoms with van der Waals surface area (Å²) in [5.74, 6) is 4.05. The second kappa shape index (κ2) is 8.08. The molecule has 31 heavy (non-hydrogen) atoms. The van der Waals surface area contributed by atoms with Crippen LogP contribution in [-0.4, -0.2) is 26.7 Å². The highest BCUT2D eigenvalue weighted by atomic mass is 16.1. The van der Waals surface area contributed by atoms with E-state index in [0.717, 1.165) is 28.1 Å². The average molecular weight is 406 g/mol. The number of hydrogen-bond donors (Lipinski definition) is 1. The molecule has 4 aromatic rings. The minimum atomic E-state index is 0.225. The number of Topliss-reactive ketones (excluding diaryl/α,β-unsaturated/α-hetero) is 1. The van der Waals surface area contributed by atoms with Gasteiger partial charge in [0, 0.05) is 29.3 Å². The number of imidazole rings is 1. The number of fused-ring (bicyclic) bond motifs is 1. The minimum absolute atomic E-state index is 0.225. The molecule has 0 radical (unpaired) electrons. The van der Waals surface area contributed by atoms with E-state index in [0.29, 0.717) is 30.3 Å². The molecule has 0 spiro atoms. The first-order valence-electron chi connectivity index (χ1n) is 10.5. The molecule has 0 atom stereocenters. The molecular weight excluding hydrogens is 384 g/mol. The number of nitrogens with zero attached hydrogens (tertiary/aromatic N) is 3. The first-order valence-corrected chi connectivity index (χ1v) is 10.5. The molecular formula is C26H22N4O. The van der Waals surface area contributed by atoms with Crippen molar-refractivity contribution in [2.45, 2.75) is 19.3 Å². The Kier molecular flexibility index (Phi) is 4.97. The highest BCUT2D eigenvalue weighted by Gasteiger charge is 2.25. The number of benzene rings is 2. The smallest absolute Gasteiger partial charge is 0.180 e. The summed E-state index contributed by atoms with van der Waals surface area (Å²) in [7, 11) is 0. The number of hydrogen-bond acceptors (Lipinski definition) is 4. The molecule has 152 valence electrons. The molecule has 1 aliphatic carbocycles.